The molecule has 1 saturated heterocycles. The molecule has 120 heavy (non-hydrogen) atoms. The number of para-hydroxylation sites is 2. The number of esters is 3. The Morgan fingerprint density at radius 3 is 1.19 bits per heavy atom. The third-order valence-electron chi connectivity index (χ3n) is 23.4. The highest BCUT2D eigenvalue weighted by molar-refractivity contribution is 7.49. The number of aliphatic hydroxyl groups excluding tert-OH is 1. The first-order chi connectivity index (χ1) is 58.7. The van der Waals surface area contributed by atoms with Crippen molar-refractivity contribution in [1.29, 1.82) is 0 Å². The zero-order chi connectivity index (χ0) is 86.4. The predicted octanol–water partition coefficient (Wildman–Crippen LogP) is 26.9. The number of rotatable bonds is 81. The fourth-order valence-corrected chi connectivity index (χ4v) is 17.5. The van der Waals surface area contributed by atoms with Crippen LogP contribution in [-0.4, -0.2) is 103 Å². The summed E-state index contributed by atoms with van der Waals surface area (Å²) >= 11 is 0. The Morgan fingerprint density at radius 2 is 0.775 bits per heavy atom. The van der Waals surface area contributed by atoms with Crippen molar-refractivity contribution in [2.24, 2.45) is 11.8 Å². The quantitative estimate of drug-likeness (QED) is 0.0231. The van der Waals surface area contributed by atoms with Gasteiger partial charge in [-0.25, -0.2) is 4.57 Å². The second-order valence-corrected chi connectivity index (χ2v) is 35.9. The van der Waals surface area contributed by atoms with Crippen LogP contribution in [0.15, 0.2) is 91.0 Å². The summed E-state index contributed by atoms with van der Waals surface area (Å²) in [7, 11) is -5.01. The van der Waals surface area contributed by atoms with Crippen LogP contribution in [0.1, 0.15) is 420 Å². The topological polar surface area (TPSA) is 235 Å². The molecule has 0 spiro atoms. The number of carbonyl (C=O) groups excluding carboxylic acids is 6. The van der Waals surface area contributed by atoms with Crippen molar-refractivity contribution in [3.05, 3.63) is 96.6 Å². The molecule has 1 aliphatic heterocycles. The van der Waals surface area contributed by atoms with Crippen molar-refractivity contribution in [1.82, 2.24) is 5.32 Å². The highest BCUT2D eigenvalue weighted by atomic mass is 31.2. The molecule has 3 aromatic carbocycles. The normalized spacial score (nSPS) is 16.4. The number of carbonyl (C=O) groups is 6. The first-order valence-corrected chi connectivity index (χ1v) is 50.3. The monoisotopic (exact) mass is 1700 g/mol. The predicted molar refractivity (Wildman–Crippen MR) is 485 cm³/mol. The lowest BCUT2D eigenvalue weighted by molar-refractivity contribution is -0.273. The molecule has 1 amide bonds. The van der Waals surface area contributed by atoms with Gasteiger partial charge >= 0.3 is 25.7 Å². The van der Waals surface area contributed by atoms with E-state index in [1.54, 1.807) is 60.7 Å². The van der Waals surface area contributed by atoms with Crippen LogP contribution in [0.3, 0.4) is 0 Å². The number of ether oxygens (including phenoxy) is 6. The zero-order valence-corrected chi connectivity index (χ0v) is 77.0. The number of unbranched alkanes of at least 4 members (excludes halogenated alkanes) is 42. The second kappa shape index (κ2) is 71.8. The van der Waals surface area contributed by atoms with Crippen molar-refractivity contribution >= 4 is 43.2 Å². The molecule has 1 fully saturated rings. The van der Waals surface area contributed by atoms with Crippen LogP contribution in [0.25, 0.3) is 0 Å². The maximum atomic E-state index is 16.0. The standard InChI is InChI=1S/C101H168NO17P/c1-7-13-19-25-31-34-40-43-54-66-85(91(104)73-61-46-37-28-22-16-10-4)78-97(109)116-100-98(102-94(106)80-90(72-56-45-42-36-33-27-21-15-9-3)114-96(108)75-63-48-39-30-24-18-12-6)101(115-93(81-103)99(100)119-120(110,117-87-67-57-50-58-68-87)118-88-69-59-51-60-70-88)112-83-86(76-77-111-82-84-64-52-49-53-65-84)92(105)79-89(71-55-44-41-35-32-26-20-14-8-2)113-95(107)74-62-47-38-29-23-17-11-5/h49-53,57-60,64-65,67-70,85-86,89-90,93,98-101,103H,7-48,54-56,61-63,66,71-83H2,1-6H3,(H,102,106)/t85-,86+,89-,90-,93-,98-,99-,100-,101-/m1/s1. The molecule has 1 heterocycles. The van der Waals surface area contributed by atoms with Gasteiger partial charge in [0.05, 0.1) is 32.7 Å². The lowest BCUT2D eigenvalue weighted by Gasteiger charge is -2.45. The summed E-state index contributed by atoms with van der Waals surface area (Å²) in [5, 5.41) is 15.0. The average Bonchev–Trinajstić information content (AvgIpc) is 0.771. The largest absolute Gasteiger partial charge is 0.588 e. The molecule has 9 atom stereocenters. The van der Waals surface area contributed by atoms with Crippen molar-refractivity contribution in [2.45, 2.75) is 463 Å². The summed E-state index contributed by atoms with van der Waals surface area (Å²) in [5.41, 5.74) is 0.936. The van der Waals surface area contributed by atoms with E-state index < -0.39 is 87.0 Å². The number of phosphoric ester groups is 1. The fraction of sp³-hybridized carbons (Fsp3) is 0.762. The Morgan fingerprint density at radius 1 is 0.400 bits per heavy atom. The van der Waals surface area contributed by atoms with Gasteiger partial charge in [0.1, 0.15) is 53.5 Å². The van der Waals surface area contributed by atoms with E-state index in [-0.39, 0.29) is 93.8 Å². The summed E-state index contributed by atoms with van der Waals surface area (Å²) in [6, 6.07) is 24.7. The molecule has 4 rings (SSSR count). The van der Waals surface area contributed by atoms with Crippen molar-refractivity contribution in [3.63, 3.8) is 0 Å². The van der Waals surface area contributed by atoms with Gasteiger partial charge < -0.3 is 47.9 Å². The summed E-state index contributed by atoms with van der Waals surface area (Å²) in [4.78, 5) is 89.6. The maximum Gasteiger partial charge on any atom is 0.588 e. The molecule has 0 unspecified atom stereocenters. The third kappa shape index (κ3) is 52.3. The summed E-state index contributed by atoms with van der Waals surface area (Å²) in [5.74, 6) is -3.99. The minimum absolute atomic E-state index is 0.0440. The number of ketones is 2. The van der Waals surface area contributed by atoms with Crippen LogP contribution in [0.4, 0.5) is 0 Å². The van der Waals surface area contributed by atoms with Crippen LogP contribution >= 0.6 is 7.82 Å². The second-order valence-electron chi connectivity index (χ2n) is 34.4. The SMILES string of the molecule is CCCCCCCCCCC[C@H](CC(=O)N[C@H]1[C@H](OC[C@H](CCOCc2ccccc2)C(=O)C[C@@H](CCCCCCCCCCC)OC(=O)CCCCCCCCC)O[C@H](CO)[C@@H](OP(=O)(Oc2ccccc2)Oc2ccccc2)[C@@H]1OC(=O)C[C@@H](CCCCCCCCCCC)C(=O)CCCCCCCCC)OC(=O)CCCCCCCCC. The van der Waals surface area contributed by atoms with E-state index >= 15 is 18.9 Å². The van der Waals surface area contributed by atoms with E-state index in [0.717, 1.165) is 192 Å². The molecule has 1 aliphatic rings. The number of aliphatic hydroxyl groups is 1. The first-order valence-electron chi connectivity index (χ1n) is 48.9. The molecule has 19 heteroatoms. The fourth-order valence-electron chi connectivity index (χ4n) is 16.1. The highest BCUT2D eigenvalue weighted by Crippen LogP contribution is 2.53. The Labute approximate surface area is 728 Å². The lowest BCUT2D eigenvalue weighted by Crippen LogP contribution is -2.66. The van der Waals surface area contributed by atoms with Gasteiger partial charge in [0.15, 0.2) is 12.4 Å². The number of Topliss-reactive ketones (excluding diaryl/α,β-unsaturated/α-hetero) is 2. The molecular weight excluding hydrogens is 1530 g/mol. The Bertz CT molecular complexity index is 3010. The number of nitrogens with one attached hydrogen (secondary N) is 1. The molecule has 3 aromatic rings. The highest BCUT2D eigenvalue weighted by Gasteiger charge is 2.54. The molecular formula is C101H168NO17P. The molecule has 684 valence electrons. The van der Waals surface area contributed by atoms with Crippen LogP contribution in [0, 0.1) is 11.8 Å². The number of benzene rings is 3. The van der Waals surface area contributed by atoms with Crippen LogP contribution in [0.2, 0.25) is 0 Å². The van der Waals surface area contributed by atoms with E-state index in [0.29, 0.717) is 51.4 Å². The van der Waals surface area contributed by atoms with Gasteiger partial charge in [0, 0.05) is 44.1 Å². The van der Waals surface area contributed by atoms with Gasteiger partial charge in [-0.15, -0.1) is 0 Å². The molecule has 0 saturated carbocycles. The molecule has 2 N–H and O–H groups in total. The minimum atomic E-state index is -5.01. The molecule has 0 radical (unpaired) electrons. The number of amides is 1. The lowest BCUT2D eigenvalue weighted by atomic mass is 9.90. The van der Waals surface area contributed by atoms with E-state index in [2.05, 4.69) is 46.9 Å². The minimum Gasteiger partial charge on any atom is -0.462 e. The Balaban J connectivity index is 1.92. The number of hydrogen-bond acceptors (Lipinski definition) is 17. The Kier molecular flexibility index (Phi) is 63.9. The van der Waals surface area contributed by atoms with Gasteiger partial charge in [0.25, 0.3) is 0 Å². The van der Waals surface area contributed by atoms with Gasteiger partial charge in [-0.3, -0.25) is 33.3 Å². The molecule has 18 nitrogen and oxygen atoms in total. The van der Waals surface area contributed by atoms with Crippen molar-refractivity contribution in [2.75, 3.05) is 19.8 Å². The van der Waals surface area contributed by atoms with Gasteiger partial charge in [0.2, 0.25) is 5.91 Å². The molecule has 0 aromatic heterocycles. The maximum absolute atomic E-state index is 16.0. The summed E-state index contributed by atoms with van der Waals surface area (Å²) in [6.45, 7) is 12.4. The summed E-state index contributed by atoms with van der Waals surface area (Å²) in [6.07, 6.45) is 43.3. The van der Waals surface area contributed by atoms with Crippen LogP contribution in [0.5, 0.6) is 11.5 Å². The third-order valence-corrected chi connectivity index (χ3v) is 24.8. The van der Waals surface area contributed by atoms with E-state index in [1.807, 2.05) is 30.3 Å². The van der Waals surface area contributed by atoms with E-state index in [1.165, 1.54) is 89.9 Å². The van der Waals surface area contributed by atoms with E-state index in [9.17, 15) is 19.5 Å². The van der Waals surface area contributed by atoms with Crippen LogP contribution in [-0.2, 0) is 72.9 Å². The Hall–Kier alpha value is -5.49. The van der Waals surface area contributed by atoms with Gasteiger partial charge in [-0.05, 0) is 87.6 Å². The zero-order valence-electron chi connectivity index (χ0n) is 76.1. The first kappa shape index (κ1) is 107. The molecule has 0 aliphatic carbocycles. The summed E-state index contributed by atoms with van der Waals surface area (Å²) < 4.78 is 74.9. The van der Waals surface area contributed by atoms with Gasteiger partial charge in [-0.1, -0.05) is 384 Å². The average molecular weight is 1700 g/mol. The number of hydrogen-bond donors (Lipinski definition) is 2. The van der Waals surface area contributed by atoms with E-state index in [4.69, 9.17) is 42.0 Å². The smallest absolute Gasteiger partial charge is 0.462 e. The molecule has 0 bridgehead atoms. The van der Waals surface area contributed by atoms with Gasteiger partial charge in [-0.2, -0.15) is 0 Å². The van der Waals surface area contributed by atoms with Crippen LogP contribution < -0.4 is 14.4 Å². The van der Waals surface area contributed by atoms with Crippen molar-refractivity contribution in [3.8, 4) is 11.5 Å². The number of phosphoric acid groups is 1. The van der Waals surface area contributed by atoms with Crippen molar-refractivity contribution < 1.29 is 80.4 Å².